The Kier molecular flexibility index (Phi) is 4.89. The van der Waals surface area contributed by atoms with Crippen LogP contribution in [0.5, 0.6) is 0 Å². The molecule has 0 aliphatic heterocycles. The third kappa shape index (κ3) is 3.60. The molecular weight excluding hydrogens is 144 g/mol. The summed E-state index contributed by atoms with van der Waals surface area (Å²) in [5.41, 5.74) is 0.524. The molecule has 12 heavy (non-hydrogen) atoms. The van der Waals surface area contributed by atoms with Crippen LogP contribution >= 0.6 is 0 Å². The zero-order chi connectivity index (χ0) is 9.78. The van der Waals surface area contributed by atoms with Crippen molar-refractivity contribution in [1.82, 2.24) is 0 Å². The molecule has 0 unspecified atom stereocenters. The van der Waals surface area contributed by atoms with Gasteiger partial charge in [-0.15, -0.1) is 0 Å². The van der Waals surface area contributed by atoms with Crippen molar-refractivity contribution in [2.24, 2.45) is 17.3 Å². The van der Waals surface area contributed by atoms with E-state index in [0.29, 0.717) is 5.41 Å². The van der Waals surface area contributed by atoms with E-state index in [1.165, 1.54) is 19.3 Å². The van der Waals surface area contributed by atoms with Crippen LogP contribution in [-0.2, 0) is 0 Å². The van der Waals surface area contributed by atoms with E-state index < -0.39 is 0 Å². The van der Waals surface area contributed by atoms with Gasteiger partial charge in [-0.2, -0.15) is 0 Å². The minimum atomic E-state index is 0.524. The Bertz CT molecular complexity index is 107. The van der Waals surface area contributed by atoms with Crippen molar-refractivity contribution in [2.45, 2.75) is 60.8 Å². The van der Waals surface area contributed by atoms with Crippen molar-refractivity contribution in [3.05, 3.63) is 0 Å². The lowest BCUT2D eigenvalue weighted by molar-refractivity contribution is 0.182. The van der Waals surface area contributed by atoms with Crippen molar-refractivity contribution < 1.29 is 0 Å². The van der Waals surface area contributed by atoms with Crippen LogP contribution in [0, 0.1) is 17.3 Å². The van der Waals surface area contributed by atoms with Gasteiger partial charge in [0.1, 0.15) is 0 Å². The molecule has 0 aromatic heterocycles. The summed E-state index contributed by atoms with van der Waals surface area (Å²) >= 11 is 0. The first-order valence-corrected chi connectivity index (χ1v) is 5.44. The number of hydrogen-bond donors (Lipinski definition) is 0. The van der Waals surface area contributed by atoms with Crippen LogP contribution in [0.3, 0.4) is 0 Å². The van der Waals surface area contributed by atoms with E-state index in [9.17, 15) is 0 Å². The largest absolute Gasteiger partial charge is 0.0651 e. The molecule has 0 aromatic carbocycles. The summed E-state index contributed by atoms with van der Waals surface area (Å²) in [7, 11) is 0. The van der Waals surface area contributed by atoms with Crippen molar-refractivity contribution in [3.8, 4) is 0 Å². The van der Waals surface area contributed by atoms with Gasteiger partial charge in [0.05, 0.1) is 0 Å². The van der Waals surface area contributed by atoms with Crippen molar-refractivity contribution >= 4 is 0 Å². The molecule has 0 aliphatic rings. The van der Waals surface area contributed by atoms with Crippen molar-refractivity contribution in [3.63, 3.8) is 0 Å². The van der Waals surface area contributed by atoms with Gasteiger partial charge in [0.2, 0.25) is 0 Å². The normalized spacial score (nSPS) is 13.0. The van der Waals surface area contributed by atoms with E-state index in [4.69, 9.17) is 0 Å². The molecule has 0 N–H and O–H groups in total. The molecule has 0 spiro atoms. The maximum Gasteiger partial charge on any atom is -0.0329 e. The molecule has 0 aromatic rings. The van der Waals surface area contributed by atoms with E-state index in [1.54, 1.807) is 0 Å². The lowest BCUT2D eigenvalue weighted by Crippen LogP contribution is -2.22. The van der Waals surface area contributed by atoms with Crippen molar-refractivity contribution in [2.75, 3.05) is 0 Å². The first kappa shape index (κ1) is 12.0. The highest BCUT2D eigenvalue weighted by molar-refractivity contribution is 4.75. The molecule has 0 fully saturated rings. The summed E-state index contributed by atoms with van der Waals surface area (Å²) < 4.78 is 0. The Morgan fingerprint density at radius 1 is 1.00 bits per heavy atom. The maximum atomic E-state index is 2.40. The summed E-state index contributed by atoms with van der Waals surface area (Å²) in [5, 5.41) is 0. The summed E-state index contributed by atoms with van der Waals surface area (Å²) in [5.74, 6) is 1.74. The Morgan fingerprint density at radius 2 is 1.42 bits per heavy atom. The minimum absolute atomic E-state index is 0.524. The zero-order valence-electron chi connectivity index (χ0n) is 9.78. The minimum Gasteiger partial charge on any atom is -0.0651 e. The summed E-state index contributed by atoms with van der Waals surface area (Å²) in [4.78, 5) is 0. The third-order valence-corrected chi connectivity index (χ3v) is 3.53. The second kappa shape index (κ2) is 4.89. The maximum absolute atomic E-state index is 2.40. The molecule has 0 saturated heterocycles. The van der Waals surface area contributed by atoms with Gasteiger partial charge in [0.25, 0.3) is 0 Å². The Labute approximate surface area is 78.8 Å². The van der Waals surface area contributed by atoms with E-state index in [1.807, 2.05) is 0 Å². The fourth-order valence-corrected chi connectivity index (χ4v) is 1.56. The van der Waals surface area contributed by atoms with Crippen LogP contribution in [0.25, 0.3) is 0 Å². The molecule has 0 radical (unpaired) electrons. The van der Waals surface area contributed by atoms with Crippen LogP contribution < -0.4 is 0 Å². The van der Waals surface area contributed by atoms with Gasteiger partial charge in [0, 0.05) is 0 Å². The van der Waals surface area contributed by atoms with Crippen LogP contribution in [-0.4, -0.2) is 0 Å². The van der Waals surface area contributed by atoms with Crippen molar-refractivity contribution in [1.29, 1.82) is 0 Å². The Morgan fingerprint density at radius 3 is 1.67 bits per heavy atom. The van der Waals surface area contributed by atoms with Gasteiger partial charge >= 0.3 is 0 Å². The van der Waals surface area contributed by atoms with Gasteiger partial charge in [-0.25, -0.2) is 0 Å². The Hall–Kier alpha value is 0. The zero-order valence-corrected chi connectivity index (χ0v) is 9.78. The molecule has 0 rings (SSSR count). The molecule has 0 nitrogen and oxygen atoms in total. The highest BCUT2D eigenvalue weighted by Gasteiger charge is 2.24. The topological polar surface area (TPSA) is 0 Å². The second-order valence-electron chi connectivity index (χ2n) is 5.03. The lowest BCUT2D eigenvalue weighted by Gasteiger charge is -2.32. The molecule has 0 amide bonds. The third-order valence-electron chi connectivity index (χ3n) is 3.53. The van der Waals surface area contributed by atoms with Gasteiger partial charge in [-0.05, 0) is 23.7 Å². The summed E-state index contributed by atoms with van der Waals surface area (Å²) in [6.07, 6.45) is 4.07. The lowest BCUT2D eigenvalue weighted by atomic mass is 9.73. The molecule has 0 heterocycles. The fraction of sp³-hybridized carbons (Fsp3) is 1.00. The van der Waals surface area contributed by atoms with Crippen LogP contribution in [0.4, 0.5) is 0 Å². The second-order valence-corrected chi connectivity index (χ2v) is 5.03. The van der Waals surface area contributed by atoms with E-state index >= 15 is 0 Å². The monoisotopic (exact) mass is 170 g/mol. The average molecular weight is 170 g/mol. The molecular formula is C12H26. The quantitative estimate of drug-likeness (QED) is 0.570. The summed E-state index contributed by atoms with van der Waals surface area (Å²) in [6, 6.07) is 0. The summed E-state index contributed by atoms with van der Waals surface area (Å²) in [6.45, 7) is 14.1. The molecule has 0 atom stereocenters. The first-order valence-electron chi connectivity index (χ1n) is 5.44. The smallest absolute Gasteiger partial charge is 0.0329 e. The fourth-order valence-electron chi connectivity index (χ4n) is 1.56. The molecule has 0 bridgehead atoms. The van der Waals surface area contributed by atoms with E-state index in [0.717, 1.165) is 11.8 Å². The average Bonchev–Trinajstić information content (AvgIpc) is 2.00. The van der Waals surface area contributed by atoms with E-state index in [-0.39, 0.29) is 0 Å². The SMILES string of the molecule is CCC(CC)CC(C)(C)C(C)C. The van der Waals surface area contributed by atoms with E-state index in [2.05, 4.69) is 41.5 Å². The number of rotatable bonds is 5. The van der Waals surface area contributed by atoms with Gasteiger partial charge in [-0.1, -0.05) is 54.4 Å². The predicted octanol–water partition coefficient (Wildman–Crippen LogP) is 4.49. The Balaban J connectivity index is 4.02. The van der Waals surface area contributed by atoms with Gasteiger partial charge < -0.3 is 0 Å². The first-order chi connectivity index (χ1) is 5.44. The standard InChI is InChI=1S/C12H26/c1-7-11(8-2)9-12(5,6)10(3)4/h10-11H,7-9H2,1-6H3. The highest BCUT2D eigenvalue weighted by atomic mass is 14.3. The molecule has 0 aliphatic carbocycles. The highest BCUT2D eigenvalue weighted by Crippen LogP contribution is 2.35. The molecule has 74 valence electrons. The van der Waals surface area contributed by atoms with Gasteiger partial charge in [0.15, 0.2) is 0 Å². The number of hydrogen-bond acceptors (Lipinski definition) is 0. The van der Waals surface area contributed by atoms with Crippen LogP contribution in [0.1, 0.15) is 60.8 Å². The predicted molar refractivity (Wildman–Crippen MR) is 57.3 cm³/mol. The van der Waals surface area contributed by atoms with Crippen LogP contribution in [0.15, 0.2) is 0 Å². The van der Waals surface area contributed by atoms with Gasteiger partial charge in [-0.3, -0.25) is 0 Å². The van der Waals surface area contributed by atoms with Crippen LogP contribution in [0.2, 0.25) is 0 Å². The molecule has 0 heteroatoms. The molecule has 0 saturated carbocycles.